The SMILES string of the molecule is CCC1CCC2C3CCC4CC(OC(C)=O)CCC4(C)C3=CC(=O)C12C. The number of esters is 1. The number of rotatable bonds is 2. The van der Waals surface area contributed by atoms with Crippen LogP contribution in [0.15, 0.2) is 11.6 Å². The van der Waals surface area contributed by atoms with E-state index in [4.69, 9.17) is 4.74 Å². The third-order valence-electron chi connectivity index (χ3n) is 8.89. The van der Waals surface area contributed by atoms with Gasteiger partial charge in [-0.15, -0.1) is 0 Å². The fourth-order valence-corrected chi connectivity index (χ4v) is 7.38. The summed E-state index contributed by atoms with van der Waals surface area (Å²) in [6, 6.07) is 0. The van der Waals surface area contributed by atoms with E-state index >= 15 is 0 Å². The van der Waals surface area contributed by atoms with Gasteiger partial charge >= 0.3 is 5.97 Å². The van der Waals surface area contributed by atoms with Crippen molar-refractivity contribution in [3.63, 3.8) is 0 Å². The van der Waals surface area contributed by atoms with Gasteiger partial charge in [0, 0.05) is 12.3 Å². The maximum atomic E-state index is 13.3. The van der Waals surface area contributed by atoms with E-state index in [2.05, 4.69) is 26.8 Å². The van der Waals surface area contributed by atoms with E-state index < -0.39 is 0 Å². The van der Waals surface area contributed by atoms with Gasteiger partial charge in [-0.2, -0.15) is 0 Å². The second kappa shape index (κ2) is 6.21. The van der Waals surface area contributed by atoms with Crippen LogP contribution in [0.25, 0.3) is 0 Å². The maximum Gasteiger partial charge on any atom is 0.302 e. The van der Waals surface area contributed by atoms with Crippen molar-refractivity contribution in [2.75, 3.05) is 0 Å². The molecule has 0 aromatic carbocycles. The molecule has 7 unspecified atom stereocenters. The molecule has 26 heavy (non-hydrogen) atoms. The molecule has 4 rings (SSSR count). The van der Waals surface area contributed by atoms with Crippen LogP contribution in [0.1, 0.15) is 79.1 Å². The largest absolute Gasteiger partial charge is 0.463 e. The van der Waals surface area contributed by atoms with E-state index in [1.807, 2.05) is 0 Å². The first kappa shape index (κ1) is 18.3. The summed E-state index contributed by atoms with van der Waals surface area (Å²) in [4.78, 5) is 24.7. The summed E-state index contributed by atoms with van der Waals surface area (Å²) in [6.45, 7) is 8.42. The third kappa shape index (κ3) is 2.45. The number of ether oxygens (including phenoxy) is 1. The second-order valence-electron chi connectivity index (χ2n) is 9.84. The quantitative estimate of drug-likeness (QED) is 0.646. The molecule has 3 fully saturated rings. The lowest BCUT2D eigenvalue weighted by molar-refractivity contribution is -0.151. The van der Waals surface area contributed by atoms with Crippen molar-refractivity contribution in [2.24, 2.45) is 34.5 Å². The molecule has 4 aliphatic rings. The van der Waals surface area contributed by atoms with Crippen LogP contribution in [0.5, 0.6) is 0 Å². The monoisotopic (exact) mass is 358 g/mol. The number of hydrogen-bond donors (Lipinski definition) is 0. The lowest BCUT2D eigenvalue weighted by Gasteiger charge is -2.56. The molecule has 0 aliphatic heterocycles. The van der Waals surface area contributed by atoms with E-state index in [1.165, 1.54) is 38.2 Å². The Kier molecular flexibility index (Phi) is 4.36. The lowest BCUT2D eigenvalue weighted by atomic mass is 9.48. The van der Waals surface area contributed by atoms with E-state index in [1.54, 1.807) is 0 Å². The van der Waals surface area contributed by atoms with Crippen LogP contribution in [0.4, 0.5) is 0 Å². The highest BCUT2D eigenvalue weighted by molar-refractivity contribution is 5.97. The van der Waals surface area contributed by atoms with Crippen molar-refractivity contribution in [2.45, 2.75) is 85.2 Å². The number of hydrogen-bond acceptors (Lipinski definition) is 3. The van der Waals surface area contributed by atoms with Crippen molar-refractivity contribution in [3.05, 3.63) is 11.6 Å². The average molecular weight is 359 g/mol. The van der Waals surface area contributed by atoms with E-state index in [0.29, 0.717) is 29.5 Å². The van der Waals surface area contributed by atoms with Gasteiger partial charge in [-0.25, -0.2) is 0 Å². The standard InChI is InChI=1S/C23H34O3/c1-5-15-7-9-19-18-8-6-16-12-17(26-14(2)24)10-11-22(16,3)20(18)13-21(25)23(15,19)4/h13,15-19H,5-12H2,1-4H3. The molecule has 0 radical (unpaired) electrons. The molecule has 3 nitrogen and oxygen atoms in total. The van der Waals surface area contributed by atoms with Gasteiger partial charge in [-0.3, -0.25) is 9.59 Å². The molecule has 0 aromatic heterocycles. The zero-order valence-electron chi connectivity index (χ0n) is 16.8. The predicted octanol–water partition coefficient (Wildman–Crippen LogP) is 5.09. The fraction of sp³-hybridized carbons (Fsp3) is 0.826. The second-order valence-corrected chi connectivity index (χ2v) is 9.84. The van der Waals surface area contributed by atoms with Gasteiger partial charge in [-0.1, -0.05) is 32.8 Å². The highest BCUT2D eigenvalue weighted by Gasteiger charge is 2.60. The summed E-state index contributed by atoms with van der Waals surface area (Å²) in [5.74, 6) is 2.49. The normalized spacial score (nSPS) is 47.5. The van der Waals surface area contributed by atoms with E-state index in [-0.39, 0.29) is 22.9 Å². The smallest absolute Gasteiger partial charge is 0.302 e. The molecule has 0 aromatic rings. The van der Waals surface area contributed by atoms with Crippen LogP contribution in [-0.4, -0.2) is 17.9 Å². The zero-order chi connectivity index (χ0) is 18.7. The van der Waals surface area contributed by atoms with Crippen molar-refractivity contribution in [3.8, 4) is 0 Å². The van der Waals surface area contributed by atoms with Crippen molar-refractivity contribution in [1.29, 1.82) is 0 Å². The molecule has 0 heterocycles. The minimum atomic E-state index is -0.160. The van der Waals surface area contributed by atoms with E-state index in [9.17, 15) is 9.59 Å². The summed E-state index contributed by atoms with van der Waals surface area (Å²) in [5, 5.41) is 0. The highest BCUT2D eigenvalue weighted by Crippen LogP contribution is 2.64. The molecule has 0 saturated heterocycles. The summed E-state index contributed by atoms with van der Waals surface area (Å²) < 4.78 is 5.53. The Labute approximate surface area is 157 Å². The van der Waals surface area contributed by atoms with Gasteiger partial charge in [0.1, 0.15) is 6.10 Å². The van der Waals surface area contributed by atoms with Gasteiger partial charge in [0.25, 0.3) is 0 Å². The fourth-order valence-electron chi connectivity index (χ4n) is 7.38. The first-order valence-corrected chi connectivity index (χ1v) is 10.7. The minimum absolute atomic E-state index is 0.0724. The molecule has 0 amide bonds. The maximum absolute atomic E-state index is 13.3. The number of carbonyl (C=O) groups is 2. The number of ketones is 1. The van der Waals surface area contributed by atoms with Crippen molar-refractivity contribution < 1.29 is 14.3 Å². The Balaban J connectivity index is 1.64. The summed E-state index contributed by atoms with van der Waals surface area (Å²) in [5.41, 5.74) is 1.46. The lowest BCUT2D eigenvalue weighted by Crippen LogP contribution is -2.51. The Morgan fingerprint density at radius 3 is 2.65 bits per heavy atom. The third-order valence-corrected chi connectivity index (χ3v) is 8.89. The van der Waals surface area contributed by atoms with Crippen LogP contribution >= 0.6 is 0 Å². The van der Waals surface area contributed by atoms with Crippen LogP contribution in [0, 0.1) is 34.5 Å². The topological polar surface area (TPSA) is 43.4 Å². The van der Waals surface area contributed by atoms with Crippen molar-refractivity contribution >= 4 is 11.8 Å². The molecular weight excluding hydrogens is 324 g/mol. The number of allylic oxidation sites excluding steroid dienone is 2. The van der Waals surface area contributed by atoms with Gasteiger partial charge in [0.15, 0.2) is 5.78 Å². The van der Waals surface area contributed by atoms with Gasteiger partial charge in [0.2, 0.25) is 0 Å². The minimum Gasteiger partial charge on any atom is -0.463 e. The van der Waals surface area contributed by atoms with Crippen LogP contribution < -0.4 is 0 Å². The predicted molar refractivity (Wildman–Crippen MR) is 101 cm³/mol. The number of carbonyl (C=O) groups excluding carboxylic acids is 2. The Morgan fingerprint density at radius 1 is 1.19 bits per heavy atom. The van der Waals surface area contributed by atoms with Crippen LogP contribution in [-0.2, 0) is 14.3 Å². The summed E-state index contributed by atoms with van der Waals surface area (Å²) in [6.07, 6.45) is 11.1. The first-order chi connectivity index (χ1) is 12.3. The van der Waals surface area contributed by atoms with Gasteiger partial charge in [0.05, 0.1) is 0 Å². The van der Waals surface area contributed by atoms with Crippen molar-refractivity contribution in [1.82, 2.24) is 0 Å². The molecule has 7 atom stereocenters. The molecule has 4 aliphatic carbocycles. The molecule has 0 N–H and O–H groups in total. The molecular formula is C23H34O3. The van der Waals surface area contributed by atoms with Gasteiger partial charge in [-0.05, 0) is 80.1 Å². The van der Waals surface area contributed by atoms with E-state index in [0.717, 1.165) is 25.7 Å². The molecule has 3 heteroatoms. The number of fused-ring (bicyclic) bond motifs is 5. The zero-order valence-corrected chi connectivity index (χ0v) is 16.8. The van der Waals surface area contributed by atoms with Gasteiger partial charge < -0.3 is 4.74 Å². The average Bonchev–Trinajstić information content (AvgIpc) is 2.94. The highest BCUT2D eigenvalue weighted by atomic mass is 16.5. The molecule has 0 spiro atoms. The van der Waals surface area contributed by atoms with Crippen LogP contribution in [0.3, 0.4) is 0 Å². The summed E-state index contributed by atoms with van der Waals surface area (Å²) in [7, 11) is 0. The molecule has 144 valence electrons. The summed E-state index contributed by atoms with van der Waals surface area (Å²) >= 11 is 0. The Hall–Kier alpha value is -1.12. The Morgan fingerprint density at radius 2 is 1.96 bits per heavy atom. The Bertz CT molecular complexity index is 650. The molecule has 3 saturated carbocycles. The first-order valence-electron chi connectivity index (χ1n) is 10.7. The molecule has 0 bridgehead atoms. The van der Waals surface area contributed by atoms with Crippen LogP contribution in [0.2, 0.25) is 0 Å².